The molecule has 0 aliphatic carbocycles. The first kappa shape index (κ1) is 18.7. The second-order valence-corrected chi connectivity index (χ2v) is 6.66. The van der Waals surface area contributed by atoms with Crippen LogP contribution in [0.15, 0.2) is 49.6 Å². The van der Waals surface area contributed by atoms with Gasteiger partial charge in [-0.3, -0.25) is 0 Å². The van der Waals surface area contributed by atoms with E-state index in [0.717, 1.165) is 24.2 Å². The summed E-state index contributed by atoms with van der Waals surface area (Å²) in [7, 11) is 1.62. The number of hydrogen-bond donors (Lipinski definition) is 1. The summed E-state index contributed by atoms with van der Waals surface area (Å²) in [5.41, 5.74) is -1.42. The van der Waals surface area contributed by atoms with Gasteiger partial charge in [-0.05, 0) is 50.8 Å². The van der Waals surface area contributed by atoms with Crippen molar-refractivity contribution in [2.45, 2.75) is 50.1 Å². The number of unbranched alkanes of at least 4 members (excludes halogenated alkanes) is 1. The molecule has 132 valence electrons. The molecule has 1 aromatic rings. The van der Waals surface area contributed by atoms with Crippen molar-refractivity contribution in [3.05, 3.63) is 55.1 Å². The van der Waals surface area contributed by atoms with Crippen LogP contribution in [0, 0.1) is 0 Å². The van der Waals surface area contributed by atoms with E-state index in [9.17, 15) is 5.11 Å². The van der Waals surface area contributed by atoms with E-state index < -0.39 is 17.0 Å². The van der Waals surface area contributed by atoms with Gasteiger partial charge in [0.15, 0.2) is 11.4 Å². The largest absolute Gasteiger partial charge is 0.497 e. The summed E-state index contributed by atoms with van der Waals surface area (Å²) in [6.45, 7) is 11.6. The average molecular weight is 332 g/mol. The van der Waals surface area contributed by atoms with Gasteiger partial charge in [0.25, 0.3) is 0 Å². The smallest absolute Gasteiger partial charge is 0.164 e. The van der Waals surface area contributed by atoms with Crippen molar-refractivity contribution in [2.75, 3.05) is 13.7 Å². The van der Waals surface area contributed by atoms with Crippen LogP contribution in [0.5, 0.6) is 5.75 Å². The molecule has 24 heavy (non-hydrogen) atoms. The molecule has 0 radical (unpaired) electrons. The van der Waals surface area contributed by atoms with Crippen molar-refractivity contribution in [1.29, 1.82) is 0 Å². The highest BCUT2D eigenvalue weighted by Crippen LogP contribution is 2.48. The van der Waals surface area contributed by atoms with Crippen molar-refractivity contribution in [3.8, 4) is 5.75 Å². The van der Waals surface area contributed by atoms with Gasteiger partial charge in [0, 0.05) is 0 Å². The Morgan fingerprint density at radius 1 is 1.29 bits per heavy atom. The van der Waals surface area contributed by atoms with Crippen LogP contribution in [0.4, 0.5) is 0 Å². The van der Waals surface area contributed by atoms with E-state index in [1.165, 1.54) is 0 Å². The molecule has 4 nitrogen and oxygen atoms in total. The third-order valence-electron chi connectivity index (χ3n) is 4.60. The van der Waals surface area contributed by atoms with Gasteiger partial charge in [-0.1, -0.05) is 24.3 Å². The first-order valence-electron chi connectivity index (χ1n) is 8.28. The molecule has 4 heteroatoms. The van der Waals surface area contributed by atoms with Gasteiger partial charge in [-0.15, -0.1) is 13.2 Å². The molecule has 1 aliphatic heterocycles. The minimum absolute atomic E-state index is 0.253. The van der Waals surface area contributed by atoms with E-state index in [2.05, 4.69) is 13.2 Å². The Morgan fingerprint density at radius 2 is 1.96 bits per heavy atom. The molecule has 0 bridgehead atoms. The lowest BCUT2D eigenvalue weighted by molar-refractivity contribution is -0.208. The molecule has 1 saturated heterocycles. The summed E-state index contributed by atoms with van der Waals surface area (Å²) < 4.78 is 17.3. The van der Waals surface area contributed by atoms with Crippen LogP contribution in [0.2, 0.25) is 0 Å². The number of ether oxygens (including phenoxy) is 3. The van der Waals surface area contributed by atoms with Crippen LogP contribution >= 0.6 is 0 Å². The number of benzene rings is 1. The molecule has 0 spiro atoms. The van der Waals surface area contributed by atoms with Gasteiger partial charge in [0.2, 0.25) is 0 Å². The fourth-order valence-electron chi connectivity index (χ4n) is 3.20. The minimum Gasteiger partial charge on any atom is -0.497 e. The van der Waals surface area contributed by atoms with Gasteiger partial charge in [0.05, 0.1) is 13.7 Å². The van der Waals surface area contributed by atoms with Crippen LogP contribution in [0.25, 0.3) is 0 Å². The number of aliphatic hydroxyl groups is 1. The predicted octanol–water partition coefficient (Wildman–Crippen LogP) is 3.95. The SMILES string of the molecule is C=CCCCC(O)(C=C)C1(c2ccc(OC)cc2)COC(C)(C)O1. The van der Waals surface area contributed by atoms with E-state index >= 15 is 0 Å². The molecular formula is C20H28O4. The van der Waals surface area contributed by atoms with Crippen molar-refractivity contribution in [1.82, 2.24) is 0 Å². The molecule has 0 saturated carbocycles. The molecule has 1 fully saturated rings. The monoisotopic (exact) mass is 332 g/mol. The van der Waals surface area contributed by atoms with Crippen molar-refractivity contribution in [3.63, 3.8) is 0 Å². The zero-order chi connectivity index (χ0) is 17.8. The van der Waals surface area contributed by atoms with E-state index in [4.69, 9.17) is 14.2 Å². The molecular weight excluding hydrogens is 304 g/mol. The lowest BCUT2D eigenvalue weighted by Gasteiger charge is -2.42. The lowest BCUT2D eigenvalue weighted by atomic mass is 9.75. The van der Waals surface area contributed by atoms with Gasteiger partial charge in [-0.2, -0.15) is 0 Å². The van der Waals surface area contributed by atoms with Crippen molar-refractivity contribution in [2.24, 2.45) is 0 Å². The summed E-state index contributed by atoms with van der Waals surface area (Å²) >= 11 is 0. The molecule has 0 aromatic heterocycles. The third kappa shape index (κ3) is 3.41. The molecule has 2 atom stereocenters. The van der Waals surface area contributed by atoms with Crippen molar-refractivity contribution >= 4 is 0 Å². The van der Waals surface area contributed by atoms with Gasteiger partial charge >= 0.3 is 0 Å². The highest BCUT2D eigenvalue weighted by Gasteiger charge is 2.58. The van der Waals surface area contributed by atoms with Crippen LogP contribution < -0.4 is 4.74 Å². The maximum atomic E-state index is 11.4. The number of methoxy groups -OCH3 is 1. The molecule has 1 heterocycles. The summed E-state index contributed by atoms with van der Waals surface area (Å²) in [6.07, 6.45) is 5.53. The van der Waals surface area contributed by atoms with Gasteiger partial charge < -0.3 is 19.3 Å². The van der Waals surface area contributed by atoms with Gasteiger partial charge in [-0.25, -0.2) is 0 Å². The van der Waals surface area contributed by atoms with E-state index in [0.29, 0.717) is 6.42 Å². The first-order chi connectivity index (χ1) is 11.3. The van der Waals surface area contributed by atoms with Crippen LogP contribution in [0.3, 0.4) is 0 Å². The molecule has 1 N–H and O–H groups in total. The summed E-state index contributed by atoms with van der Waals surface area (Å²) in [5.74, 6) is -0.0316. The summed E-state index contributed by atoms with van der Waals surface area (Å²) in [4.78, 5) is 0. The zero-order valence-electron chi connectivity index (χ0n) is 14.9. The Bertz CT molecular complexity index is 578. The zero-order valence-corrected chi connectivity index (χ0v) is 14.9. The summed E-state index contributed by atoms with van der Waals surface area (Å²) in [6, 6.07) is 7.54. The number of hydrogen-bond acceptors (Lipinski definition) is 4. The predicted molar refractivity (Wildman–Crippen MR) is 95.0 cm³/mol. The van der Waals surface area contributed by atoms with Crippen LogP contribution in [-0.2, 0) is 15.1 Å². The molecule has 2 unspecified atom stereocenters. The highest BCUT2D eigenvalue weighted by molar-refractivity contribution is 5.36. The van der Waals surface area contributed by atoms with Gasteiger partial charge in [0.1, 0.15) is 11.4 Å². The quantitative estimate of drug-likeness (QED) is 0.578. The van der Waals surface area contributed by atoms with E-state index in [-0.39, 0.29) is 6.61 Å². The van der Waals surface area contributed by atoms with Crippen LogP contribution in [0.1, 0.15) is 38.7 Å². The molecule has 1 aromatic carbocycles. The number of rotatable bonds is 8. The second-order valence-electron chi connectivity index (χ2n) is 6.66. The Morgan fingerprint density at radius 3 is 2.42 bits per heavy atom. The Kier molecular flexibility index (Phi) is 5.53. The molecule has 1 aliphatic rings. The molecule has 2 rings (SSSR count). The maximum Gasteiger partial charge on any atom is 0.164 e. The fourth-order valence-corrected chi connectivity index (χ4v) is 3.20. The topological polar surface area (TPSA) is 47.9 Å². The Balaban J connectivity index is 2.46. The van der Waals surface area contributed by atoms with Crippen LogP contribution in [-0.4, -0.2) is 30.2 Å². The third-order valence-corrected chi connectivity index (χ3v) is 4.60. The average Bonchev–Trinajstić information content (AvgIpc) is 2.92. The Labute approximate surface area is 144 Å². The normalized spacial score (nSPS) is 25.0. The standard InChI is InChI=1S/C20H28O4/c1-6-8-9-14-19(21,7-2)20(15-23-18(3,4)24-20)16-10-12-17(22-5)13-11-16/h6-7,10-13,21H,1-2,8-9,14-15H2,3-5H3. The summed E-state index contributed by atoms with van der Waals surface area (Å²) in [5, 5.41) is 11.4. The van der Waals surface area contributed by atoms with E-state index in [1.54, 1.807) is 13.2 Å². The fraction of sp³-hybridized carbons (Fsp3) is 0.500. The first-order valence-corrected chi connectivity index (χ1v) is 8.28. The Hall–Kier alpha value is -1.62. The maximum absolute atomic E-state index is 11.4. The van der Waals surface area contributed by atoms with E-state index in [1.807, 2.05) is 44.2 Å². The lowest BCUT2D eigenvalue weighted by Crippen LogP contribution is -2.53. The second kappa shape index (κ2) is 7.09. The highest BCUT2D eigenvalue weighted by atomic mass is 16.8. The minimum atomic E-state index is -1.25. The number of allylic oxidation sites excluding steroid dienone is 1. The molecule has 0 amide bonds. The van der Waals surface area contributed by atoms with Crippen molar-refractivity contribution < 1.29 is 19.3 Å².